The van der Waals surface area contributed by atoms with Gasteiger partial charge in [-0.15, -0.1) is 0 Å². The quantitative estimate of drug-likeness (QED) is 0.654. The van der Waals surface area contributed by atoms with E-state index in [2.05, 4.69) is 4.98 Å². The first-order valence-electron chi connectivity index (χ1n) is 4.14. The minimum Gasteiger partial charge on any atom is -0.264 e. The van der Waals surface area contributed by atoms with E-state index < -0.39 is 11.3 Å². The molecule has 0 aliphatic carbocycles. The summed E-state index contributed by atoms with van der Waals surface area (Å²) < 4.78 is 27.2. The standard InChI is InChI=1S/C10H13F2N/c1-9(2,3)10(11,12)8-5-4-6-13-7-8/h4-7H,1-3H3. The van der Waals surface area contributed by atoms with Gasteiger partial charge in [0.05, 0.1) is 0 Å². The number of halogens is 2. The van der Waals surface area contributed by atoms with Gasteiger partial charge in [-0.3, -0.25) is 4.98 Å². The lowest BCUT2D eigenvalue weighted by atomic mass is 9.84. The first-order chi connectivity index (χ1) is 5.86. The number of pyridine rings is 1. The highest BCUT2D eigenvalue weighted by molar-refractivity contribution is 5.17. The van der Waals surface area contributed by atoms with Gasteiger partial charge in [0.1, 0.15) is 0 Å². The van der Waals surface area contributed by atoms with Gasteiger partial charge in [0.25, 0.3) is 5.92 Å². The van der Waals surface area contributed by atoms with Gasteiger partial charge < -0.3 is 0 Å². The molecule has 0 N–H and O–H groups in total. The zero-order valence-corrected chi connectivity index (χ0v) is 8.01. The Morgan fingerprint density at radius 3 is 2.23 bits per heavy atom. The van der Waals surface area contributed by atoms with Gasteiger partial charge in [0.15, 0.2) is 0 Å². The van der Waals surface area contributed by atoms with E-state index in [1.165, 1.54) is 45.3 Å². The normalized spacial score (nSPS) is 13.0. The first-order valence-corrected chi connectivity index (χ1v) is 4.14. The molecular weight excluding hydrogens is 172 g/mol. The number of alkyl halides is 2. The molecular formula is C10H13F2N. The van der Waals surface area contributed by atoms with E-state index in [-0.39, 0.29) is 5.56 Å². The fraction of sp³-hybridized carbons (Fsp3) is 0.500. The highest BCUT2D eigenvalue weighted by Crippen LogP contribution is 2.43. The summed E-state index contributed by atoms with van der Waals surface area (Å²) in [5.41, 5.74) is -1.10. The molecule has 1 rings (SSSR count). The summed E-state index contributed by atoms with van der Waals surface area (Å²) in [5, 5.41) is 0. The number of rotatable bonds is 1. The molecule has 72 valence electrons. The van der Waals surface area contributed by atoms with Gasteiger partial charge >= 0.3 is 0 Å². The maximum atomic E-state index is 13.6. The first kappa shape index (κ1) is 10.1. The van der Waals surface area contributed by atoms with Crippen LogP contribution < -0.4 is 0 Å². The molecule has 0 amide bonds. The van der Waals surface area contributed by atoms with E-state index in [1.807, 2.05) is 0 Å². The summed E-state index contributed by atoms with van der Waals surface area (Å²) in [6, 6.07) is 2.92. The molecule has 1 aromatic rings. The van der Waals surface area contributed by atoms with Crippen molar-refractivity contribution in [2.75, 3.05) is 0 Å². The molecule has 1 aromatic heterocycles. The van der Waals surface area contributed by atoms with E-state index in [0.29, 0.717) is 0 Å². The lowest BCUT2D eigenvalue weighted by molar-refractivity contribution is -0.104. The topological polar surface area (TPSA) is 12.9 Å². The van der Waals surface area contributed by atoms with Gasteiger partial charge in [0.2, 0.25) is 0 Å². The van der Waals surface area contributed by atoms with Crippen LogP contribution >= 0.6 is 0 Å². The molecule has 0 bridgehead atoms. The van der Waals surface area contributed by atoms with Crippen molar-refractivity contribution >= 4 is 0 Å². The van der Waals surface area contributed by atoms with Crippen molar-refractivity contribution < 1.29 is 8.78 Å². The summed E-state index contributed by atoms with van der Waals surface area (Å²) in [5.74, 6) is -2.83. The summed E-state index contributed by atoms with van der Waals surface area (Å²) in [7, 11) is 0. The molecule has 0 aliphatic heterocycles. The Kier molecular flexibility index (Phi) is 2.37. The molecule has 0 unspecified atom stereocenters. The summed E-state index contributed by atoms with van der Waals surface area (Å²) in [6.45, 7) is 4.54. The summed E-state index contributed by atoms with van der Waals surface area (Å²) in [6.07, 6.45) is 2.70. The highest BCUT2D eigenvalue weighted by Gasteiger charge is 2.44. The third-order valence-corrected chi connectivity index (χ3v) is 1.97. The maximum Gasteiger partial charge on any atom is 0.279 e. The molecule has 0 aromatic carbocycles. The Morgan fingerprint density at radius 1 is 1.23 bits per heavy atom. The Hall–Kier alpha value is -0.990. The zero-order valence-electron chi connectivity index (χ0n) is 8.01. The van der Waals surface area contributed by atoms with Crippen LogP contribution in [0.5, 0.6) is 0 Å². The molecule has 0 spiro atoms. The molecule has 0 saturated heterocycles. The van der Waals surface area contributed by atoms with Gasteiger partial charge in [-0.25, -0.2) is 8.78 Å². The fourth-order valence-electron chi connectivity index (χ4n) is 0.982. The van der Waals surface area contributed by atoms with Crippen LogP contribution in [0.2, 0.25) is 0 Å². The number of hydrogen-bond acceptors (Lipinski definition) is 1. The molecule has 13 heavy (non-hydrogen) atoms. The SMILES string of the molecule is CC(C)(C)C(F)(F)c1cccnc1. The Bertz CT molecular complexity index is 275. The van der Waals surface area contributed by atoms with Crippen molar-refractivity contribution in [3.63, 3.8) is 0 Å². The van der Waals surface area contributed by atoms with Crippen LogP contribution in [-0.4, -0.2) is 4.98 Å². The predicted octanol–water partition coefficient (Wildman–Crippen LogP) is 3.22. The lowest BCUT2D eigenvalue weighted by Crippen LogP contribution is -2.31. The minimum absolute atomic E-state index is 0.0255. The van der Waals surface area contributed by atoms with Crippen LogP contribution in [0.4, 0.5) is 8.78 Å². The number of hydrogen-bond donors (Lipinski definition) is 0. The van der Waals surface area contributed by atoms with Crippen LogP contribution in [0.15, 0.2) is 24.5 Å². The molecule has 1 heterocycles. The van der Waals surface area contributed by atoms with Gasteiger partial charge in [-0.05, 0) is 12.1 Å². The fourth-order valence-corrected chi connectivity index (χ4v) is 0.982. The average molecular weight is 185 g/mol. The van der Waals surface area contributed by atoms with Crippen LogP contribution in [0, 0.1) is 5.41 Å². The molecule has 0 fully saturated rings. The van der Waals surface area contributed by atoms with Gasteiger partial charge in [0, 0.05) is 23.4 Å². The number of aromatic nitrogens is 1. The molecule has 3 heteroatoms. The Balaban J connectivity index is 3.08. The molecule has 0 aliphatic rings. The second-order valence-electron chi connectivity index (χ2n) is 4.07. The second-order valence-corrected chi connectivity index (χ2v) is 4.07. The van der Waals surface area contributed by atoms with Crippen molar-refractivity contribution in [3.8, 4) is 0 Å². The average Bonchev–Trinajstić information content (AvgIpc) is 2.04. The van der Waals surface area contributed by atoms with Crippen molar-refractivity contribution in [2.24, 2.45) is 5.41 Å². The van der Waals surface area contributed by atoms with Gasteiger partial charge in [-0.1, -0.05) is 20.8 Å². The van der Waals surface area contributed by atoms with E-state index >= 15 is 0 Å². The van der Waals surface area contributed by atoms with Crippen LogP contribution in [0.1, 0.15) is 26.3 Å². The largest absolute Gasteiger partial charge is 0.279 e. The summed E-state index contributed by atoms with van der Waals surface area (Å²) in [4.78, 5) is 3.68. The Morgan fingerprint density at radius 2 is 1.85 bits per heavy atom. The smallest absolute Gasteiger partial charge is 0.264 e. The van der Waals surface area contributed by atoms with Crippen molar-refractivity contribution in [1.82, 2.24) is 4.98 Å². The third kappa shape index (κ3) is 1.85. The monoisotopic (exact) mass is 185 g/mol. The third-order valence-electron chi connectivity index (χ3n) is 1.97. The van der Waals surface area contributed by atoms with E-state index in [4.69, 9.17) is 0 Å². The van der Waals surface area contributed by atoms with Crippen molar-refractivity contribution in [2.45, 2.75) is 26.7 Å². The minimum atomic E-state index is -2.83. The van der Waals surface area contributed by atoms with Gasteiger partial charge in [-0.2, -0.15) is 0 Å². The van der Waals surface area contributed by atoms with E-state index in [0.717, 1.165) is 0 Å². The van der Waals surface area contributed by atoms with Crippen LogP contribution in [-0.2, 0) is 5.92 Å². The maximum absolute atomic E-state index is 13.6. The van der Waals surface area contributed by atoms with Crippen LogP contribution in [0.3, 0.4) is 0 Å². The zero-order chi connectivity index (χ0) is 10.1. The van der Waals surface area contributed by atoms with Crippen molar-refractivity contribution in [1.29, 1.82) is 0 Å². The van der Waals surface area contributed by atoms with Crippen LogP contribution in [0.25, 0.3) is 0 Å². The lowest BCUT2D eigenvalue weighted by Gasteiger charge is -2.30. The van der Waals surface area contributed by atoms with E-state index in [1.54, 1.807) is 0 Å². The second kappa shape index (κ2) is 3.05. The molecule has 0 radical (unpaired) electrons. The number of nitrogens with zero attached hydrogens (tertiary/aromatic N) is 1. The van der Waals surface area contributed by atoms with Crippen molar-refractivity contribution in [3.05, 3.63) is 30.1 Å². The molecule has 0 saturated carbocycles. The summed E-state index contributed by atoms with van der Waals surface area (Å²) >= 11 is 0. The molecule has 0 atom stereocenters. The predicted molar refractivity (Wildman–Crippen MR) is 47.6 cm³/mol. The molecule has 1 nitrogen and oxygen atoms in total. The van der Waals surface area contributed by atoms with E-state index in [9.17, 15) is 8.78 Å². The highest BCUT2D eigenvalue weighted by atomic mass is 19.3. The Labute approximate surface area is 76.8 Å².